The van der Waals surface area contributed by atoms with Gasteiger partial charge in [0, 0.05) is 38.8 Å². The average Bonchev–Trinajstić information content (AvgIpc) is 3.17. The molecule has 1 heterocycles. The molecule has 1 aliphatic rings. The number of methoxy groups -OCH3 is 1. The Balaban J connectivity index is 0.00000300. The molecule has 2 N–H and O–H groups in total. The summed E-state index contributed by atoms with van der Waals surface area (Å²) in [7, 11) is 3.44. The predicted octanol–water partition coefficient (Wildman–Crippen LogP) is 3.35. The van der Waals surface area contributed by atoms with Crippen molar-refractivity contribution in [2.24, 2.45) is 4.99 Å². The van der Waals surface area contributed by atoms with E-state index in [0.717, 1.165) is 48.9 Å². The second kappa shape index (κ2) is 11.6. The van der Waals surface area contributed by atoms with E-state index in [9.17, 15) is 4.79 Å². The van der Waals surface area contributed by atoms with Gasteiger partial charge in [-0.2, -0.15) is 0 Å². The molecule has 0 aromatic heterocycles. The SMILES string of the molecule is CN=C(NCCc1ccc(OC)cc1)NCc1ccc(N2CCCC2=O)cc1.I. The number of ether oxygens (including phenoxy) is 1. The number of hydrogen-bond acceptors (Lipinski definition) is 3. The average molecular weight is 508 g/mol. The minimum absolute atomic E-state index is 0. The lowest BCUT2D eigenvalue weighted by molar-refractivity contribution is -0.117. The smallest absolute Gasteiger partial charge is 0.227 e. The molecule has 2 aromatic rings. The Labute approximate surface area is 189 Å². The molecule has 1 saturated heterocycles. The van der Waals surface area contributed by atoms with E-state index in [1.165, 1.54) is 5.56 Å². The van der Waals surface area contributed by atoms with Crippen molar-refractivity contribution in [2.75, 3.05) is 32.1 Å². The van der Waals surface area contributed by atoms with Crippen molar-refractivity contribution in [1.29, 1.82) is 0 Å². The van der Waals surface area contributed by atoms with E-state index in [-0.39, 0.29) is 29.9 Å². The quantitative estimate of drug-likeness (QED) is 0.342. The number of halogens is 1. The van der Waals surface area contributed by atoms with Crippen LogP contribution in [0, 0.1) is 0 Å². The van der Waals surface area contributed by atoms with Gasteiger partial charge in [0.2, 0.25) is 5.91 Å². The maximum absolute atomic E-state index is 11.8. The van der Waals surface area contributed by atoms with Gasteiger partial charge in [-0.15, -0.1) is 24.0 Å². The molecule has 0 aliphatic carbocycles. The number of rotatable bonds is 7. The Morgan fingerprint density at radius 2 is 1.76 bits per heavy atom. The number of guanidine groups is 1. The second-order valence-electron chi connectivity index (χ2n) is 6.77. The van der Waals surface area contributed by atoms with Crippen LogP contribution >= 0.6 is 24.0 Å². The fourth-order valence-corrected chi connectivity index (χ4v) is 3.24. The highest BCUT2D eigenvalue weighted by Crippen LogP contribution is 2.21. The number of benzene rings is 2. The van der Waals surface area contributed by atoms with Crippen LogP contribution < -0.4 is 20.3 Å². The first kappa shape index (κ1) is 23.0. The molecule has 6 nitrogen and oxygen atoms in total. The molecular weight excluding hydrogens is 479 g/mol. The summed E-state index contributed by atoms with van der Waals surface area (Å²) in [6.07, 6.45) is 2.51. The van der Waals surface area contributed by atoms with E-state index < -0.39 is 0 Å². The van der Waals surface area contributed by atoms with E-state index in [2.05, 4.69) is 39.9 Å². The number of nitrogens with zero attached hydrogens (tertiary/aromatic N) is 2. The molecule has 7 heteroatoms. The second-order valence-corrected chi connectivity index (χ2v) is 6.77. The molecule has 0 spiro atoms. The summed E-state index contributed by atoms with van der Waals surface area (Å²) in [5.41, 5.74) is 3.37. The topological polar surface area (TPSA) is 66.0 Å². The molecule has 0 radical (unpaired) electrons. The summed E-state index contributed by atoms with van der Waals surface area (Å²) in [4.78, 5) is 18.0. The van der Waals surface area contributed by atoms with E-state index in [4.69, 9.17) is 4.74 Å². The zero-order valence-corrected chi connectivity index (χ0v) is 19.3. The van der Waals surface area contributed by atoms with Crippen molar-refractivity contribution in [3.05, 3.63) is 59.7 Å². The minimum Gasteiger partial charge on any atom is -0.497 e. The largest absolute Gasteiger partial charge is 0.497 e. The van der Waals surface area contributed by atoms with Crippen molar-refractivity contribution >= 4 is 41.5 Å². The number of carbonyl (C=O) groups is 1. The van der Waals surface area contributed by atoms with Gasteiger partial charge >= 0.3 is 0 Å². The monoisotopic (exact) mass is 508 g/mol. The molecule has 0 atom stereocenters. The van der Waals surface area contributed by atoms with Crippen molar-refractivity contribution in [3.8, 4) is 5.75 Å². The first-order valence-electron chi connectivity index (χ1n) is 9.66. The van der Waals surface area contributed by atoms with Crippen LogP contribution in [0.3, 0.4) is 0 Å². The van der Waals surface area contributed by atoms with Gasteiger partial charge in [0.25, 0.3) is 0 Å². The molecular formula is C22H29IN4O2. The highest BCUT2D eigenvalue weighted by molar-refractivity contribution is 14.0. The van der Waals surface area contributed by atoms with Crippen LogP contribution in [-0.2, 0) is 17.8 Å². The third kappa shape index (κ3) is 6.62. The lowest BCUT2D eigenvalue weighted by Crippen LogP contribution is -2.37. The van der Waals surface area contributed by atoms with Crippen molar-refractivity contribution < 1.29 is 9.53 Å². The Bertz CT molecular complexity index is 807. The fourth-order valence-electron chi connectivity index (χ4n) is 3.24. The Hall–Kier alpha value is -2.29. The van der Waals surface area contributed by atoms with Crippen molar-refractivity contribution in [2.45, 2.75) is 25.8 Å². The summed E-state index contributed by atoms with van der Waals surface area (Å²) < 4.78 is 5.18. The third-order valence-corrected chi connectivity index (χ3v) is 4.87. The van der Waals surface area contributed by atoms with Gasteiger partial charge in [-0.25, -0.2) is 0 Å². The van der Waals surface area contributed by atoms with Crippen molar-refractivity contribution in [1.82, 2.24) is 10.6 Å². The lowest BCUT2D eigenvalue weighted by atomic mass is 10.1. The Morgan fingerprint density at radius 1 is 1.07 bits per heavy atom. The van der Waals surface area contributed by atoms with Gasteiger partial charge in [-0.1, -0.05) is 24.3 Å². The molecule has 0 bridgehead atoms. The van der Waals surface area contributed by atoms with E-state index >= 15 is 0 Å². The van der Waals surface area contributed by atoms with Crippen LogP contribution in [-0.4, -0.2) is 39.1 Å². The van der Waals surface area contributed by atoms with Crippen LogP contribution in [0.2, 0.25) is 0 Å². The number of hydrogen-bond donors (Lipinski definition) is 2. The summed E-state index contributed by atoms with van der Waals surface area (Å²) in [6.45, 7) is 2.29. The summed E-state index contributed by atoms with van der Waals surface area (Å²) in [5, 5.41) is 6.66. The summed E-state index contributed by atoms with van der Waals surface area (Å²) in [5.74, 6) is 1.86. The maximum atomic E-state index is 11.8. The first-order valence-corrected chi connectivity index (χ1v) is 9.66. The van der Waals surface area contributed by atoms with Crippen molar-refractivity contribution in [3.63, 3.8) is 0 Å². The fraction of sp³-hybridized carbons (Fsp3) is 0.364. The Morgan fingerprint density at radius 3 is 2.34 bits per heavy atom. The van der Waals surface area contributed by atoms with Crippen LogP contribution in [0.4, 0.5) is 5.69 Å². The highest BCUT2D eigenvalue weighted by Gasteiger charge is 2.21. The summed E-state index contributed by atoms with van der Waals surface area (Å²) in [6, 6.07) is 16.2. The molecule has 1 aliphatic heterocycles. The molecule has 0 unspecified atom stereocenters. The number of carbonyl (C=O) groups excluding carboxylic acids is 1. The highest BCUT2D eigenvalue weighted by atomic mass is 127. The summed E-state index contributed by atoms with van der Waals surface area (Å²) >= 11 is 0. The van der Waals surface area contributed by atoms with Gasteiger partial charge < -0.3 is 20.3 Å². The first-order chi connectivity index (χ1) is 13.7. The zero-order chi connectivity index (χ0) is 19.8. The molecule has 1 amide bonds. The predicted molar refractivity (Wildman–Crippen MR) is 128 cm³/mol. The van der Waals surface area contributed by atoms with Gasteiger partial charge in [-0.05, 0) is 48.2 Å². The maximum Gasteiger partial charge on any atom is 0.227 e. The number of aliphatic imine (C=N–C) groups is 1. The number of anilines is 1. The van der Waals surface area contributed by atoms with Gasteiger partial charge in [0.05, 0.1) is 7.11 Å². The van der Waals surface area contributed by atoms with E-state index in [1.807, 2.05) is 29.2 Å². The lowest BCUT2D eigenvalue weighted by Gasteiger charge is -2.16. The van der Waals surface area contributed by atoms with E-state index in [1.54, 1.807) is 14.2 Å². The van der Waals surface area contributed by atoms with E-state index in [0.29, 0.717) is 13.0 Å². The molecule has 29 heavy (non-hydrogen) atoms. The van der Waals surface area contributed by atoms with Gasteiger partial charge in [0.15, 0.2) is 5.96 Å². The molecule has 3 rings (SSSR count). The van der Waals surface area contributed by atoms with Crippen LogP contribution in [0.5, 0.6) is 5.75 Å². The Kier molecular flexibility index (Phi) is 9.24. The van der Waals surface area contributed by atoms with Crippen LogP contribution in [0.15, 0.2) is 53.5 Å². The zero-order valence-electron chi connectivity index (χ0n) is 17.0. The van der Waals surface area contributed by atoms with Crippen LogP contribution in [0.1, 0.15) is 24.0 Å². The molecule has 156 valence electrons. The molecule has 0 saturated carbocycles. The third-order valence-electron chi connectivity index (χ3n) is 4.87. The standard InChI is InChI=1S/C22H28N4O2.HI/c1-23-22(24-14-13-17-7-11-20(28-2)12-8-17)25-16-18-5-9-19(10-6-18)26-15-3-4-21(26)27;/h5-12H,3-4,13-16H2,1-2H3,(H2,23,24,25);1H. The van der Waals surface area contributed by atoms with Crippen LogP contribution in [0.25, 0.3) is 0 Å². The molecule has 2 aromatic carbocycles. The number of amides is 1. The van der Waals surface area contributed by atoms with Gasteiger partial charge in [-0.3, -0.25) is 9.79 Å². The molecule has 1 fully saturated rings. The normalized spacial score (nSPS) is 13.8. The number of nitrogens with one attached hydrogen (secondary N) is 2. The van der Waals surface area contributed by atoms with Gasteiger partial charge in [0.1, 0.15) is 5.75 Å². The minimum atomic E-state index is 0.